The number of aryl methyl sites for hydroxylation is 1. The molecule has 0 aliphatic heterocycles. The lowest BCUT2D eigenvalue weighted by Crippen LogP contribution is -2.36. The second kappa shape index (κ2) is 9.96. The second-order valence-electron chi connectivity index (χ2n) is 8.15. The summed E-state index contributed by atoms with van der Waals surface area (Å²) in [5.41, 5.74) is 3.80. The minimum absolute atomic E-state index is 0.183. The van der Waals surface area contributed by atoms with Crippen LogP contribution in [0.1, 0.15) is 58.5 Å². The molecule has 0 atom stereocenters. The Balaban J connectivity index is 1.48. The van der Waals surface area contributed by atoms with Gasteiger partial charge in [0.1, 0.15) is 0 Å². The number of carbonyl (C=O) groups is 2. The predicted octanol–water partition coefficient (Wildman–Crippen LogP) is 6.03. The molecule has 1 aromatic heterocycles. The molecular formula is C26H26ClN3O2. The third kappa shape index (κ3) is 5.17. The first-order valence-electron chi connectivity index (χ1n) is 11.0. The van der Waals surface area contributed by atoms with Crippen LogP contribution in [0.15, 0.2) is 60.7 Å². The highest BCUT2D eigenvalue weighted by atomic mass is 35.5. The van der Waals surface area contributed by atoms with Gasteiger partial charge in [0.15, 0.2) is 0 Å². The number of halogens is 1. The zero-order valence-electron chi connectivity index (χ0n) is 18.0. The Labute approximate surface area is 193 Å². The van der Waals surface area contributed by atoms with E-state index in [2.05, 4.69) is 15.6 Å². The first kappa shape index (κ1) is 22.0. The van der Waals surface area contributed by atoms with E-state index >= 15 is 0 Å². The van der Waals surface area contributed by atoms with E-state index in [1.54, 1.807) is 24.3 Å². The summed E-state index contributed by atoms with van der Waals surface area (Å²) < 4.78 is 0. The smallest absolute Gasteiger partial charge is 0.257 e. The van der Waals surface area contributed by atoms with Crippen molar-refractivity contribution < 1.29 is 9.59 Å². The first-order valence-corrected chi connectivity index (χ1v) is 11.3. The number of rotatable bonds is 5. The van der Waals surface area contributed by atoms with E-state index in [4.69, 9.17) is 11.6 Å². The molecule has 0 bridgehead atoms. The highest BCUT2D eigenvalue weighted by Gasteiger charge is 2.19. The predicted molar refractivity (Wildman–Crippen MR) is 128 cm³/mol. The monoisotopic (exact) mass is 447 g/mol. The summed E-state index contributed by atoms with van der Waals surface area (Å²) >= 11 is 6.28. The number of anilines is 1. The molecule has 1 saturated carbocycles. The number of hydrogen-bond donors (Lipinski definition) is 2. The van der Waals surface area contributed by atoms with Crippen molar-refractivity contribution in [3.8, 4) is 11.3 Å². The number of nitrogens with zero attached hydrogens (tertiary/aromatic N) is 1. The van der Waals surface area contributed by atoms with Gasteiger partial charge >= 0.3 is 0 Å². The van der Waals surface area contributed by atoms with Crippen LogP contribution in [0.25, 0.3) is 11.3 Å². The molecule has 32 heavy (non-hydrogen) atoms. The number of aromatic nitrogens is 1. The van der Waals surface area contributed by atoms with Crippen LogP contribution in [0.3, 0.4) is 0 Å². The maximum atomic E-state index is 12.9. The largest absolute Gasteiger partial charge is 0.349 e. The van der Waals surface area contributed by atoms with Gasteiger partial charge in [-0.15, -0.1) is 0 Å². The van der Waals surface area contributed by atoms with Gasteiger partial charge in [-0.05, 0) is 50.1 Å². The Hall–Kier alpha value is -3.18. The minimum atomic E-state index is -0.282. The maximum Gasteiger partial charge on any atom is 0.257 e. The Bertz CT molecular complexity index is 1130. The van der Waals surface area contributed by atoms with Crippen molar-refractivity contribution >= 4 is 29.1 Å². The fourth-order valence-corrected chi connectivity index (χ4v) is 4.26. The van der Waals surface area contributed by atoms with E-state index in [-0.39, 0.29) is 17.9 Å². The fourth-order valence-electron chi connectivity index (χ4n) is 4.06. The van der Waals surface area contributed by atoms with Crippen molar-refractivity contribution in [1.82, 2.24) is 10.3 Å². The number of amides is 2. The van der Waals surface area contributed by atoms with Crippen LogP contribution in [0, 0.1) is 6.92 Å². The highest BCUT2D eigenvalue weighted by molar-refractivity contribution is 6.34. The lowest BCUT2D eigenvalue weighted by molar-refractivity contribution is 0.0926. The number of carbonyl (C=O) groups excluding carboxylic acids is 2. The Morgan fingerprint density at radius 2 is 1.66 bits per heavy atom. The molecule has 0 spiro atoms. The topological polar surface area (TPSA) is 71.1 Å². The van der Waals surface area contributed by atoms with E-state index in [9.17, 15) is 9.59 Å². The van der Waals surface area contributed by atoms with Crippen LogP contribution in [-0.4, -0.2) is 22.8 Å². The van der Waals surface area contributed by atoms with E-state index in [0.29, 0.717) is 27.5 Å². The van der Waals surface area contributed by atoms with Crippen LogP contribution in [0.5, 0.6) is 0 Å². The Morgan fingerprint density at radius 3 is 2.38 bits per heavy atom. The van der Waals surface area contributed by atoms with Gasteiger partial charge in [0.05, 0.1) is 27.5 Å². The van der Waals surface area contributed by atoms with Crippen LogP contribution < -0.4 is 10.6 Å². The van der Waals surface area contributed by atoms with Crippen LogP contribution in [0.4, 0.5) is 5.69 Å². The normalized spacial score (nSPS) is 14.1. The number of nitrogens with one attached hydrogen (secondary N) is 2. The molecule has 3 aromatic rings. The molecule has 1 heterocycles. The van der Waals surface area contributed by atoms with Crippen molar-refractivity contribution in [2.75, 3.05) is 5.32 Å². The van der Waals surface area contributed by atoms with Gasteiger partial charge < -0.3 is 10.6 Å². The van der Waals surface area contributed by atoms with Gasteiger partial charge in [0.25, 0.3) is 11.8 Å². The molecule has 6 heteroatoms. The lowest BCUT2D eigenvalue weighted by atomic mass is 9.95. The maximum absolute atomic E-state index is 12.9. The minimum Gasteiger partial charge on any atom is -0.349 e. The average molecular weight is 448 g/mol. The van der Waals surface area contributed by atoms with Crippen molar-refractivity contribution in [3.05, 3.63) is 82.5 Å². The zero-order chi connectivity index (χ0) is 22.5. The van der Waals surface area contributed by atoms with Gasteiger partial charge in [-0.1, -0.05) is 61.2 Å². The molecule has 1 fully saturated rings. The van der Waals surface area contributed by atoms with Gasteiger partial charge in [-0.25, -0.2) is 0 Å². The number of hydrogen-bond acceptors (Lipinski definition) is 3. The molecule has 4 rings (SSSR count). The quantitative estimate of drug-likeness (QED) is 0.502. The molecule has 1 aliphatic carbocycles. The van der Waals surface area contributed by atoms with Crippen molar-refractivity contribution in [1.29, 1.82) is 0 Å². The molecule has 2 amide bonds. The molecule has 1 aliphatic rings. The average Bonchev–Trinajstić information content (AvgIpc) is 2.81. The lowest BCUT2D eigenvalue weighted by Gasteiger charge is -2.23. The molecule has 0 radical (unpaired) electrons. The Morgan fingerprint density at radius 1 is 0.906 bits per heavy atom. The Kier molecular flexibility index (Phi) is 6.86. The van der Waals surface area contributed by atoms with Crippen LogP contribution in [0.2, 0.25) is 5.02 Å². The fraction of sp³-hybridized carbons (Fsp3) is 0.269. The third-order valence-electron chi connectivity index (χ3n) is 5.81. The third-order valence-corrected chi connectivity index (χ3v) is 6.14. The summed E-state index contributed by atoms with van der Waals surface area (Å²) in [7, 11) is 0. The summed E-state index contributed by atoms with van der Waals surface area (Å²) in [4.78, 5) is 30.2. The highest BCUT2D eigenvalue weighted by Crippen LogP contribution is 2.24. The number of benzene rings is 2. The molecule has 5 nitrogen and oxygen atoms in total. The van der Waals surface area contributed by atoms with Crippen LogP contribution in [-0.2, 0) is 0 Å². The van der Waals surface area contributed by atoms with Crippen LogP contribution >= 0.6 is 11.6 Å². The SMILES string of the molecule is Cc1nc(-c2ccccc2)ccc1C(=O)Nc1ccc(Cl)c(C(=O)NC2CCCCC2)c1. The summed E-state index contributed by atoms with van der Waals surface area (Å²) in [5.74, 6) is -0.487. The van der Waals surface area contributed by atoms with Crippen molar-refractivity contribution in [2.24, 2.45) is 0 Å². The van der Waals surface area contributed by atoms with E-state index in [0.717, 1.165) is 36.9 Å². The molecule has 2 aromatic carbocycles. The van der Waals surface area contributed by atoms with Gasteiger partial charge in [0, 0.05) is 17.3 Å². The number of pyridine rings is 1. The zero-order valence-corrected chi connectivity index (χ0v) is 18.8. The summed E-state index contributed by atoms with van der Waals surface area (Å²) in [6.07, 6.45) is 5.46. The van der Waals surface area contributed by atoms with E-state index in [1.165, 1.54) is 6.42 Å². The molecule has 2 N–H and O–H groups in total. The second-order valence-corrected chi connectivity index (χ2v) is 8.56. The van der Waals surface area contributed by atoms with Crippen molar-refractivity contribution in [2.45, 2.75) is 45.1 Å². The first-order chi connectivity index (χ1) is 15.5. The van der Waals surface area contributed by atoms with E-state index in [1.807, 2.05) is 43.3 Å². The summed E-state index contributed by atoms with van der Waals surface area (Å²) in [5, 5.41) is 6.30. The molecule has 0 saturated heterocycles. The standard InChI is InChI=1S/C26H26ClN3O2/c1-17-21(13-15-24(28-17)18-8-4-2-5-9-18)25(31)30-20-12-14-23(27)22(16-20)26(32)29-19-10-6-3-7-11-19/h2,4-5,8-9,12-16,19H,3,6-7,10-11H2,1H3,(H,29,32)(H,30,31). The van der Waals surface area contributed by atoms with Gasteiger partial charge in [0.2, 0.25) is 0 Å². The molecular weight excluding hydrogens is 422 g/mol. The van der Waals surface area contributed by atoms with Gasteiger partial charge in [-0.2, -0.15) is 0 Å². The molecule has 0 unspecified atom stereocenters. The van der Waals surface area contributed by atoms with Gasteiger partial charge in [-0.3, -0.25) is 14.6 Å². The van der Waals surface area contributed by atoms with Crippen molar-refractivity contribution in [3.63, 3.8) is 0 Å². The molecule has 164 valence electrons. The summed E-state index contributed by atoms with van der Waals surface area (Å²) in [6.45, 7) is 1.81. The summed E-state index contributed by atoms with van der Waals surface area (Å²) in [6, 6.07) is 18.6. The van der Waals surface area contributed by atoms with E-state index < -0.39 is 0 Å².